The fourth-order valence-corrected chi connectivity index (χ4v) is 3.15. The molecule has 1 aromatic heterocycles. The van der Waals surface area contributed by atoms with E-state index in [2.05, 4.69) is 6.92 Å². The highest BCUT2D eigenvalue weighted by Crippen LogP contribution is 2.27. The zero-order chi connectivity index (χ0) is 13.7. The van der Waals surface area contributed by atoms with E-state index in [-0.39, 0.29) is 0 Å². The van der Waals surface area contributed by atoms with Crippen LogP contribution in [0.5, 0.6) is 0 Å². The van der Waals surface area contributed by atoms with Crippen molar-refractivity contribution in [1.82, 2.24) is 0 Å². The molecule has 1 aliphatic carbocycles. The van der Waals surface area contributed by atoms with Crippen LogP contribution in [0.2, 0.25) is 0 Å². The lowest BCUT2D eigenvalue weighted by molar-refractivity contribution is -0.131. The van der Waals surface area contributed by atoms with E-state index in [4.69, 9.17) is 9.84 Å². The summed E-state index contributed by atoms with van der Waals surface area (Å²) in [5.74, 6) is -0.0880. The van der Waals surface area contributed by atoms with E-state index in [1.54, 1.807) is 17.4 Å². The Balaban J connectivity index is 1.86. The fraction of sp³-hybridized carbons (Fsp3) is 0.533. The van der Waals surface area contributed by atoms with Gasteiger partial charge in [-0.25, -0.2) is 4.79 Å². The summed E-state index contributed by atoms with van der Waals surface area (Å²) in [4.78, 5) is 11.6. The van der Waals surface area contributed by atoms with Gasteiger partial charge in [-0.3, -0.25) is 0 Å². The Morgan fingerprint density at radius 3 is 2.89 bits per heavy atom. The van der Waals surface area contributed by atoms with Gasteiger partial charge in [-0.15, -0.1) is 11.3 Å². The molecule has 0 bridgehead atoms. The minimum atomic E-state index is -0.917. The fourth-order valence-electron chi connectivity index (χ4n) is 2.37. The number of hydrogen-bond acceptors (Lipinski definition) is 3. The van der Waals surface area contributed by atoms with E-state index in [1.807, 2.05) is 11.4 Å². The van der Waals surface area contributed by atoms with Gasteiger partial charge >= 0.3 is 5.97 Å². The van der Waals surface area contributed by atoms with Crippen LogP contribution in [0.25, 0.3) is 6.08 Å². The summed E-state index contributed by atoms with van der Waals surface area (Å²) >= 11 is 1.62. The first-order chi connectivity index (χ1) is 9.15. The lowest BCUT2D eigenvalue weighted by atomic mass is 9.89. The van der Waals surface area contributed by atoms with Crippen LogP contribution in [0.3, 0.4) is 0 Å². The van der Waals surface area contributed by atoms with E-state index < -0.39 is 5.97 Å². The van der Waals surface area contributed by atoms with Gasteiger partial charge in [-0.1, -0.05) is 6.92 Å². The molecule has 0 unspecified atom stereocenters. The maximum atomic E-state index is 10.5. The highest BCUT2D eigenvalue weighted by molar-refractivity contribution is 7.10. The summed E-state index contributed by atoms with van der Waals surface area (Å²) in [6.07, 6.45) is 7.98. The molecule has 0 aliphatic heterocycles. The molecule has 4 heteroatoms. The number of carboxylic acid groups (broad SMARTS) is 1. The topological polar surface area (TPSA) is 46.5 Å². The second-order valence-corrected chi connectivity index (χ2v) is 6.16. The molecule has 0 atom stereocenters. The number of rotatable bonds is 5. The molecular formula is C15H20O3S. The molecule has 19 heavy (non-hydrogen) atoms. The summed E-state index contributed by atoms with van der Waals surface area (Å²) in [5.41, 5.74) is 0.955. The van der Waals surface area contributed by atoms with Crippen molar-refractivity contribution in [3.8, 4) is 0 Å². The molecule has 0 radical (unpaired) electrons. The van der Waals surface area contributed by atoms with Crippen molar-refractivity contribution in [1.29, 1.82) is 0 Å². The van der Waals surface area contributed by atoms with Gasteiger partial charge in [0.2, 0.25) is 0 Å². The number of hydrogen-bond donors (Lipinski definition) is 1. The average molecular weight is 280 g/mol. The van der Waals surface area contributed by atoms with Gasteiger partial charge in [0, 0.05) is 11.0 Å². The highest BCUT2D eigenvalue weighted by atomic mass is 32.1. The lowest BCUT2D eigenvalue weighted by Gasteiger charge is -2.26. The van der Waals surface area contributed by atoms with Gasteiger partial charge in [0.15, 0.2) is 0 Å². The van der Waals surface area contributed by atoms with Crippen LogP contribution < -0.4 is 0 Å². The largest absolute Gasteiger partial charge is 0.478 e. The zero-order valence-corrected chi connectivity index (χ0v) is 12.0. The number of carbonyl (C=O) groups is 1. The predicted molar refractivity (Wildman–Crippen MR) is 77.2 cm³/mol. The molecule has 0 aromatic carbocycles. The van der Waals surface area contributed by atoms with Gasteiger partial charge in [-0.05, 0) is 54.7 Å². The summed E-state index contributed by atoms with van der Waals surface area (Å²) in [6, 6.07) is 1.94. The van der Waals surface area contributed by atoms with Crippen LogP contribution >= 0.6 is 11.3 Å². The van der Waals surface area contributed by atoms with Crippen LogP contribution in [-0.2, 0) is 16.1 Å². The minimum Gasteiger partial charge on any atom is -0.478 e. The highest BCUT2D eigenvalue weighted by Gasteiger charge is 2.18. The molecule has 0 spiro atoms. The van der Waals surface area contributed by atoms with Crippen LogP contribution in [0.4, 0.5) is 0 Å². The normalized spacial score (nSPS) is 23.8. The molecule has 3 nitrogen and oxygen atoms in total. The standard InChI is InChI=1S/C15H20O3S/c1-11-2-5-13(6-3-11)18-10-14-12(8-9-19-14)4-7-15(16)17/h4,7-9,11,13H,2-3,5-6,10H2,1H3,(H,16,17). The van der Waals surface area contributed by atoms with Crippen molar-refractivity contribution in [3.63, 3.8) is 0 Å². The Kier molecular flexibility index (Phi) is 5.16. The molecule has 0 saturated heterocycles. The van der Waals surface area contributed by atoms with Crippen molar-refractivity contribution < 1.29 is 14.6 Å². The third-order valence-corrected chi connectivity index (χ3v) is 4.51. The molecule has 1 fully saturated rings. The summed E-state index contributed by atoms with van der Waals surface area (Å²) in [6.45, 7) is 2.89. The number of thiophene rings is 1. The molecule has 2 rings (SSSR count). The molecule has 1 N–H and O–H groups in total. The first kappa shape index (κ1) is 14.3. The number of aliphatic carboxylic acids is 1. The Morgan fingerprint density at radius 1 is 1.47 bits per heavy atom. The Labute approximate surface area is 117 Å². The Bertz CT molecular complexity index is 442. The van der Waals surface area contributed by atoms with Crippen molar-refractivity contribution in [2.75, 3.05) is 0 Å². The van der Waals surface area contributed by atoms with Crippen molar-refractivity contribution >= 4 is 23.4 Å². The van der Waals surface area contributed by atoms with Crippen molar-refractivity contribution in [2.24, 2.45) is 5.92 Å². The summed E-state index contributed by atoms with van der Waals surface area (Å²) in [7, 11) is 0. The third-order valence-electron chi connectivity index (χ3n) is 3.60. The van der Waals surface area contributed by atoms with Crippen LogP contribution in [0.15, 0.2) is 17.5 Å². The lowest BCUT2D eigenvalue weighted by Crippen LogP contribution is -2.20. The molecule has 1 heterocycles. The first-order valence-corrected chi connectivity index (χ1v) is 7.62. The Hall–Kier alpha value is -1.13. The molecule has 104 valence electrons. The van der Waals surface area contributed by atoms with E-state index in [9.17, 15) is 4.79 Å². The maximum Gasteiger partial charge on any atom is 0.328 e. The SMILES string of the molecule is CC1CCC(OCc2sccc2C=CC(=O)O)CC1. The van der Waals surface area contributed by atoms with Crippen LogP contribution in [0.1, 0.15) is 43.0 Å². The maximum absolute atomic E-state index is 10.5. The number of carboxylic acids is 1. The predicted octanol–water partition coefficient (Wildman–Crippen LogP) is 3.94. The van der Waals surface area contributed by atoms with Gasteiger partial charge in [-0.2, -0.15) is 0 Å². The van der Waals surface area contributed by atoms with Gasteiger partial charge in [0.1, 0.15) is 0 Å². The molecule has 1 aromatic rings. The van der Waals surface area contributed by atoms with Crippen LogP contribution in [-0.4, -0.2) is 17.2 Å². The van der Waals surface area contributed by atoms with E-state index in [1.165, 1.54) is 18.9 Å². The summed E-state index contributed by atoms with van der Waals surface area (Å²) < 4.78 is 5.95. The van der Waals surface area contributed by atoms with Gasteiger partial charge < -0.3 is 9.84 Å². The zero-order valence-electron chi connectivity index (χ0n) is 11.2. The summed E-state index contributed by atoms with van der Waals surface area (Å²) in [5, 5.41) is 10.6. The smallest absolute Gasteiger partial charge is 0.328 e. The van der Waals surface area contributed by atoms with Gasteiger partial charge in [0.05, 0.1) is 12.7 Å². The van der Waals surface area contributed by atoms with Crippen molar-refractivity contribution in [2.45, 2.75) is 45.3 Å². The monoisotopic (exact) mass is 280 g/mol. The second kappa shape index (κ2) is 6.87. The van der Waals surface area contributed by atoms with E-state index in [0.29, 0.717) is 12.7 Å². The van der Waals surface area contributed by atoms with Crippen molar-refractivity contribution in [3.05, 3.63) is 28.0 Å². The molecule has 0 amide bonds. The number of ether oxygens (including phenoxy) is 1. The molecule has 1 aliphatic rings. The average Bonchev–Trinajstić information content (AvgIpc) is 2.83. The molecular weight excluding hydrogens is 260 g/mol. The quantitative estimate of drug-likeness (QED) is 0.831. The van der Waals surface area contributed by atoms with E-state index in [0.717, 1.165) is 29.2 Å². The van der Waals surface area contributed by atoms with Gasteiger partial charge in [0.25, 0.3) is 0 Å². The third kappa shape index (κ3) is 4.48. The van der Waals surface area contributed by atoms with E-state index >= 15 is 0 Å². The Morgan fingerprint density at radius 2 is 2.21 bits per heavy atom. The second-order valence-electron chi connectivity index (χ2n) is 5.16. The first-order valence-electron chi connectivity index (χ1n) is 6.74. The minimum absolute atomic E-state index is 0.370. The van der Waals surface area contributed by atoms with Crippen LogP contribution in [0, 0.1) is 5.92 Å². The molecule has 1 saturated carbocycles.